The Kier molecular flexibility index (Phi) is 6.49. The van der Waals surface area contributed by atoms with Crippen molar-refractivity contribution in [1.29, 1.82) is 0 Å². The molecule has 4 aliphatic rings. The van der Waals surface area contributed by atoms with Crippen LogP contribution in [0.3, 0.4) is 0 Å². The van der Waals surface area contributed by atoms with E-state index in [1.165, 1.54) is 77.0 Å². The zero-order chi connectivity index (χ0) is 21.2. The average molecular weight is 424 g/mol. The molecule has 5 nitrogen and oxygen atoms in total. The summed E-state index contributed by atoms with van der Waals surface area (Å²) in [5, 5.41) is 4.66. The van der Waals surface area contributed by atoms with E-state index in [-0.39, 0.29) is 0 Å². The van der Waals surface area contributed by atoms with Gasteiger partial charge in [-0.2, -0.15) is 0 Å². The maximum absolute atomic E-state index is 4.58. The lowest BCUT2D eigenvalue weighted by atomic mass is 9.68. The number of hydrogen-bond acceptors (Lipinski definition) is 4. The van der Waals surface area contributed by atoms with Gasteiger partial charge in [-0.15, -0.1) is 0 Å². The number of aromatic nitrogens is 3. The van der Waals surface area contributed by atoms with E-state index in [0.717, 1.165) is 46.6 Å². The van der Waals surface area contributed by atoms with Gasteiger partial charge in [-0.25, -0.2) is 9.97 Å². The quantitative estimate of drug-likeness (QED) is 0.681. The minimum absolute atomic E-state index is 0.672. The van der Waals surface area contributed by atoms with Crippen LogP contribution in [0.4, 0.5) is 5.82 Å². The molecule has 0 spiro atoms. The number of nitrogens with one attached hydrogen (secondary N) is 2. The molecule has 0 amide bonds. The Balaban J connectivity index is 0.000000157. The van der Waals surface area contributed by atoms with Gasteiger partial charge in [-0.05, 0) is 88.2 Å². The van der Waals surface area contributed by atoms with Crippen LogP contribution in [0.1, 0.15) is 77.0 Å². The summed E-state index contributed by atoms with van der Waals surface area (Å²) >= 11 is 0. The van der Waals surface area contributed by atoms with Gasteiger partial charge in [-0.1, -0.05) is 25.7 Å². The summed E-state index contributed by atoms with van der Waals surface area (Å²) in [6, 6.07) is 3.64. The van der Waals surface area contributed by atoms with E-state index in [4.69, 9.17) is 0 Å². The molecule has 2 heterocycles. The molecule has 0 aromatic carbocycles. The molecule has 6 rings (SSSR count). The highest BCUT2D eigenvalue weighted by Crippen LogP contribution is 2.44. The molecule has 2 aromatic rings. The fourth-order valence-corrected chi connectivity index (χ4v) is 7.70. The molecule has 2 aromatic heterocycles. The monoisotopic (exact) mass is 423 g/mol. The Morgan fingerprint density at radius 3 is 1.90 bits per heavy atom. The molecule has 170 valence electrons. The van der Waals surface area contributed by atoms with Gasteiger partial charge in [0.25, 0.3) is 0 Å². The highest BCUT2D eigenvalue weighted by Gasteiger charge is 2.39. The topological polar surface area (TPSA) is 56.8 Å². The summed E-state index contributed by atoms with van der Waals surface area (Å²) in [7, 11) is 4.37. The zero-order valence-corrected chi connectivity index (χ0v) is 19.5. The Bertz CT molecular complexity index is 803. The molecule has 0 atom stereocenters. The van der Waals surface area contributed by atoms with Crippen LogP contribution in [0, 0.1) is 23.7 Å². The van der Waals surface area contributed by atoms with Crippen molar-refractivity contribution in [3.63, 3.8) is 0 Å². The number of rotatable bonds is 3. The third-order valence-electron chi connectivity index (χ3n) is 9.03. The van der Waals surface area contributed by atoms with Crippen molar-refractivity contribution in [3.05, 3.63) is 18.6 Å². The Morgan fingerprint density at radius 2 is 1.39 bits per heavy atom. The van der Waals surface area contributed by atoms with E-state index in [0.29, 0.717) is 6.04 Å². The second-order valence-electron chi connectivity index (χ2n) is 10.6. The minimum Gasteiger partial charge on any atom is -0.355 e. The molecule has 0 aliphatic heterocycles. The van der Waals surface area contributed by atoms with E-state index in [2.05, 4.69) is 45.3 Å². The molecule has 0 unspecified atom stereocenters. The fourth-order valence-electron chi connectivity index (χ4n) is 7.70. The number of anilines is 1. The largest absolute Gasteiger partial charge is 0.355 e. The normalized spacial score (nSPS) is 34.6. The van der Waals surface area contributed by atoms with Gasteiger partial charge in [0.2, 0.25) is 0 Å². The van der Waals surface area contributed by atoms with Crippen LogP contribution < -0.4 is 10.2 Å². The number of fused-ring (bicyclic) bond motifs is 5. The SMILES string of the molecule is CN(c1ncnc2[nH]ccc12)C1C2CCCC1CCC2.CNC1C2CCCC1CCC2. The lowest BCUT2D eigenvalue weighted by Crippen LogP contribution is -2.48. The molecule has 5 heteroatoms. The summed E-state index contributed by atoms with van der Waals surface area (Å²) in [6.45, 7) is 0. The number of hydrogen-bond donors (Lipinski definition) is 2. The third-order valence-corrected chi connectivity index (χ3v) is 9.03. The standard InChI is InChI=1S/C16H22N4.C10H19N/c1-20(14-11-4-2-5-12(14)7-3-6-11)16-13-8-9-17-15(13)18-10-19-16;1-11-10-8-4-2-5-9(10)7-3-6-8/h8-12,14H,2-7H2,1H3,(H,17,18,19);8-11H,2-7H2,1H3. The first kappa shape index (κ1) is 21.2. The van der Waals surface area contributed by atoms with Crippen molar-refractivity contribution in [1.82, 2.24) is 20.3 Å². The van der Waals surface area contributed by atoms with Crippen molar-refractivity contribution in [2.45, 2.75) is 89.1 Å². The van der Waals surface area contributed by atoms with Crippen LogP contribution in [0.25, 0.3) is 11.0 Å². The molecular weight excluding hydrogens is 382 g/mol. The summed E-state index contributed by atoms with van der Waals surface area (Å²) in [5.41, 5.74) is 0.947. The van der Waals surface area contributed by atoms with Crippen LogP contribution in [0.15, 0.2) is 18.6 Å². The lowest BCUT2D eigenvalue weighted by molar-refractivity contribution is 0.130. The molecule has 0 radical (unpaired) electrons. The van der Waals surface area contributed by atoms with Crippen LogP contribution in [-0.4, -0.2) is 41.1 Å². The second-order valence-corrected chi connectivity index (χ2v) is 10.6. The summed E-state index contributed by atoms with van der Waals surface area (Å²) < 4.78 is 0. The van der Waals surface area contributed by atoms with Gasteiger partial charge in [-0.3, -0.25) is 0 Å². The smallest absolute Gasteiger partial charge is 0.142 e. The van der Waals surface area contributed by atoms with Crippen LogP contribution >= 0.6 is 0 Å². The first-order valence-corrected chi connectivity index (χ1v) is 12.9. The van der Waals surface area contributed by atoms with Gasteiger partial charge < -0.3 is 15.2 Å². The van der Waals surface area contributed by atoms with E-state index in [1.54, 1.807) is 6.33 Å². The predicted octanol–water partition coefficient (Wildman–Crippen LogP) is 5.54. The first-order chi connectivity index (χ1) is 15.3. The van der Waals surface area contributed by atoms with E-state index >= 15 is 0 Å². The van der Waals surface area contributed by atoms with Gasteiger partial charge in [0.05, 0.1) is 5.39 Å². The van der Waals surface area contributed by atoms with Gasteiger partial charge >= 0.3 is 0 Å². The van der Waals surface area contributed by atoms with Crippen molar-refractivity contribution in [2.75, 3.05) is 19.0 Å². The minimum atomic E-state index is 0.672. The van der Waals surface area contributed by atoms with Gasteiger partial charge in [0.15, 0.2) is 0 Å². The van der Waals surface area contributed by atoms with E-state index in [9.17, 15) is 0 Å². The number of aromatic amines is 1. The molecule has 4 saturated carbocycles. The van der Waals surface area contributed by atoms with Crippen LogP contribution in [-0.2, 0) is 0 Å². The van der Waals surface area contributed by atoms with Crippen molar-refractivity contribution >= 4 is 16.9 Å². The molecule has 2 N–H and O–H groups in total. The molecule has 4 aliphatic carbocycles. The first-order valence-electron chi connectivity index (χ1n) is 12.9. The Labute approximate surface area is 187 Å². The summed E-state index contributed by atoms with van der Waals surface area (Å²) in [4.78, 5) is 14.5. The van der Waals surface area contributed by atoms with Gasteiger partial charge in [0.1, 0.15) is 17.8 Å². The van der Waals surface area contributed by atoms with Crippen molar-refractivity contribution < 1.29 is 0 Å². The highest BCUT2D eigenvalue weighted by molar-refractivity contribution is 5.87. The van der Waals surface area contributed by atoms with Crippen molar-refractivity contribution in [2.24, 2.45) is 23.7 Å². The zero-order valence-electron chi connectivity index (χ0n) is 19.5. The molecule has 0 saturated heterocycles. The lowest BCUT2D eigenvalue weighted by Gasteiger charge is -2.47. The van der Waals surface area contributed by atoms with Crippen LogP contribution in [0.2, 0.25) is 0 Å². The fraction of sp³-hybridized carbons (Fsp3) is 0.769. The maximum atomic E-state index is 4.58. The van der Waals surface area contributed by atoms with Crippen molar-refractivity contribution in [3.8, 4) is 0 Å². The summed E-state index contributed by atoms with van der Waals surface area (Å²) in [5.74, 6) is 4.85. The van der Waals surface area contributed by atoms with Gasteiger partial charge in [0, 0.05) is 25.3 Å². The Morgan fingerprint density at radius 1 is 0.839 bits per heavy atom. The average Bonchev–Trinajstić information content (AvgIpc) is 3.27. The Hall–Kier alpha value is -1.62. The molecule has 4 bridgehead atoms. The predicted molar refractivity (Wildman–Crippen MR) is 128 cm³/mol. The van der Waals surface area contributed by atoms with E-state index in [1.807, 2.05) is 6.20 Å². The molecule has 4 fully saturated rings. The molecule has 31 heavy (non-hydrogen) atoms. The maximum Gasteiger partial charge on any atom is 0.142 e. The second kappa shape index (κ2) is 9.48. The number of H-pyrrole nitrogens is 1. The molecular formula is C26H41N5. The number of nitrogens with zero attached hydrogens (tertiary/aromatic N) is 3. The third kappa shape index (κ3) is 4.22. The highest BCUT2D eigenvalue weighted by atomic mass is 15.2. The van der Waals surface area contributed by atoms with E-state index < -0.39 is 0 Å². The van der Waals surface area contributed by atoms with Crippen LogP contribution in [0.5, 0.6) is 0 Å². The summed E-state index contributed by atoms with van der Waals surface area (Å²) in [6.07, 6.45) is 21.0.